The van der Waals surface area contributed by atoms with Crippen molar-refractivity contribution in [3.8, 4) is 0 Å². The Bertz CT molecular complexity index is 1030. The SMILES string of the molecule is NC1=NC(c2cc(NC(=O)c3ncc(C(F)(F)F)cc3Cl)ccc2F)C(F)(F)CO1. The summed E-state index contributed by atoms with van der Waals surface area (Å²) in [6.07, 6.45) is -4.30. The molecule has 2 heterocycles. The van der Waals surface area contributed by atoms with E-state index in [1.54, 1.807) is 0 Å². The fraction of sp³-hybridized carbons (Fsp3) is 0.235. The number of benzene rings is 1. The number of amides is 1. The second-order valence-electron chi connectivity index (χ2n) is 6.16. The normalized spacial score (nSPS) is 18.4. The van der Waals surface area contributed by atoms with Crippen LogP contribution in [0.25, 0.3) is 0 Å². The number of rotatable bonds is 3. The molecule has 0 saturated carbocycles. The van der Waals surface area contributed by atoms with Crippen LogP contribution in [-0.4, -0.2) is 29.4 Å². The molecule has 0 aliphatic carbocycles. The number of nitrogens with zero attached hydrogens (tertiary/aromatic N) is 2. The lowest BCUT2D eigenvalue weighted by Gasteiger charge is -2.28. The molecule has 160 valence electrons. The molecule has 0 spiro atoms. The number of halogens is 7. The van der Waals surface area contributed by atoms with Crippen molar-refractivity contribution < 1.29 is 35.9 Å². The molecule has 1 amide bonds. The van der Waals surface area contributed by atoms with Gasteiger partial charge in [0.15, 0.2) is 12.6 Å². The summed E-state index contributed by atoms with van der Waals surface area (Å²) in [6, 6.07) is 0.714. The van der Waals surface area contributed by atoms with Crippen LogP contribution in [0.5, 0.6) is 0 Å². The molecular formula is C17H11ClF6N4O2. The molecule has 1 aromatic carbocycles. The summed E-state index contributed by atoms with van der Waals surface area (Å²) in [4.78, 5) is 19.1. The van der Waals surface area contributed by atoms with Crippen LogP contribution in [0, 0.1) is 5.82 Å². The van der Waals surface area contributed by atoms with Gasteiger partial charge in [-0.05, 0) is 24.3 Å². The zero-order valence-electron chi connectivity index (χ0n) is 14.6. The highest BCUT2D eigenvalue weighted by Gasteiger charge is 2.46. The van der Waals surface area contributed by atoms with Gasteiger partial charge in [0.05, 0.1) is 10.6 Å². The third-order valence-corrected chi connectivity index (χ3v) is 4.29. The molecule has 30 heavy (non-hydrogen) atoms. The Hall–Kier alpha value is -3.02. The van der Waals surface area contributed by atoms with E-state index in [-0.39, 0.29) is 5.69 Å². The average molecular weight is 453 g/mol. The van der Waals surface area contributed by atoms with Crippen LogP contribution in [0.2, 0.25) is 5.02 Å². The first kappa shape index (κ1) is 21.7. The molecule has 0 fully saturated rings. The Morgan fingerprint density at radius 3 is 2.63 bits per heavy atom. The highest BCUT2D eigenvalue weighted by atomic mass is 35.5. The topological polar surface area (TPSA) is 89.6 Å². The van der Waals surface area contributed by atoms with Gasteiger partial charge in [0.2, 0.25) is 0 Å². The fourth-order valence-corrected chi connectivity index (χ4v) is 2.84. The Balaban J connectivity index is 1.89. The van der Waals surface area contributed by atoms with Crippen molar-refractivity contribution in [3.05, 3.63) is 58.1 Å². The average Bonchev–Trinajstić information content (AvgIpc) is 2.64. The molecule has 2 aromatic rings. The number of nitrogens with one attached hydrogen (secondary N) is 1. The van der Waals surface area contributed by atoms with Gasteiger partial charge in [-0.3, -0.25) is 4.79 Å². The lowest BCUT2D eigenvalue weighted by atomic mass is 9.99. The third kappa shape index (κ3) is 4.42. The Morgan fingerprint density at radius 2 is 2.00 bits per heavy atom. The number of pyridine rings is 1. The molecule has 1 unspecified atom stereocenters. The van der Waals surface area contributed by atoms with Crippen LogP contribution >= 0.6 is 11.6 Å². The number of alkyl halides is 5. The number of nitrogens with two attached hydrogens (primary N) is 1. The van der Waals surface area contributed by atoms with E-state index in [9.17, 15) is 31.1 Å². The monoisotopic (exact) mass is 452 g/mol. The maximum absolute atomic E-state index is 14.2. The molecule has 1 aliphatic heterocycles. The molecule has 1 aromatic heterocycles. The quantitative estimate of drug-likeness (QED) is 0.684. The molecule has 3 rings (SSSR count). The summed E-state index contributed by atoms with van der Waals surface area (Å²) < 4.78 is 84.8. The van der Waals surface area contributed by atoms with Crippen LogP contribution in [0.15, 0.2) is 35.5 Å². The second kappa shape index (κ2) is 7.67. The summed E-state index contributed by atoms with van der Waals surface area (Å²) in [6.45, 7) is -1.12. The first-order valence-electron chi connectivity index (χ1n) is 8.06. The first-order chi connectivity index (χ1) is 13.9. The van der Waals surface area contributed by atoms with E-state index in [4.69, 9.17) is 17.3 Å². The number of hydrogen-bond donors (Lipinski definition) is 2. The van der Waals surface area contributed by atoms with Crippen LogP contribution in [0.4, 0.5) is 32.0 Å². The molecular weight excluding hydrogens is 442 g/mol. The molecule has 1 atom stereocenters. The van der Waals surface area contributed by atoms with E-state index in [0.29, 0.717) is 12.3 Å². The maximum Gasteiger partial charge on any atom is 0.417 e. The molecule has 3 N–H and O–H groups in total. The molecule has 0 radical (unpaired) electrons. The second-order valence-corrected chi connectivity index (χ2v) is 6.57. The zero-order chi connectivity index (χ0) is 22.3. The molecule has 0 bridgehead atoms. The van der Waals surface area contributed by atoms with Gasteiger partial charge in [-0.25, -0.2) is 23.1 Å². The van der Waals surface area contributed by atoms with Crippen molar-refractivity contribution in [3.63, 3.8) is 0 Å². The number of aromatic nitrogens is 1. The number of hydrogen-bond acceptors (Lipinski definition) is 5. The van der Waals surface area contributed by atoms with Crippen molar-refractivity contribution in [2.45, 2.75) is 18.1 Å². The summed E-state index contributed by atoms with van der Waals surface area (Å²) >= 11 is 5.70. The summed E-state index contributed by atoms with van der Waals surface area (Å²) in [7, 11) is 0. The zero-order valence-corrected chi connectivity index (χ0v) is 15.4. The van der Waals surface area contributed by atoms with Crippen LogP contribution in [-0.2, 0) is 10.9 Å². The van der Waals surface area contributed by atoms with Gasteiger partial charge in [0, 0.05) is 17.4 Å². The number of ether oxygens (including phenoxy) is 1. The number of anilines is 1. The molecule has 0 saturated heterocycles. The highest BCUT2D eigenvalue weighted by molar-refractivity contribution is 6.34. The first-order valence-corrected chi connectivity index (χ1v) is 8.44. The smallest absolute Gasteiger partial charge is 0.417 e. The van der Waals surface area contributed by atoms with Gasteiger partial charge in [0.25, 0.3) is 11.9 Å². The molecule has 6 nitrogen and oxygen atoms in total. The van der Waals surface area contributed by atoms with Crippen LogP contribution in [0.3, 0.4) is 0 Å². The van der Waals surface area contributed by atoms with Crippen molar-refractivity contribution in [1.29, 1.82) is 0 Å². The standard InChI is InChI=1S/C17H11ClF6N4O2/c18-10-3-7(17(22,23)24)5-26-12(10)14(29)27-8-1-2-11(19)9(4-8)13-16(20,21)6-30-15(25)28-13/h1-5,13H,6H2,(H2,25,28)(H,27,29). The van der Waals surface area contributed by atoms with Crippen LogP contribution < -0.4 is 11.1 Å². The lowest BCUT2D eigenvalue weighted by molar-refractivity contribution is -0.137. The Kier molecular flexibility index (Phi) is 5.54. The van der Waals surface area contributed by atoms with Gasteiger partial charge < -0.3 is 15.8 Å². The number of aliphatic imine (C=N–C) groups is 1. The van der Waals surface area contributed by atoms with E-state index >= 15 is 0 Å². The minimum absolute atomic E-state index is 0.148. The summed E-state index contributed by atoms with van der Waals surface area (Å²) in [5.74, 6) is -5.65. The Morgan fingerprint density at radius 1 is 1.30 bits per heavy atom. The van der Waals surface area contributed by atoms with E-state index in [0.717, 1.165) is 18.2 Å². The van der Waals surface area contributed by atoms with E-state index in [2.05, 4.69) is 20.0 Å². The van der Waals surface area contributed by atoms with Crippen molar-refractivity contribution in [2.24, 2.45) is 10.7 Å². The van der Waals surface area contributed by atoms with Gasteiger partial charge in [-0.15, -0.1) is 0 Å². The van der Waals surface area contributed by atoms with Crippen molar-refractivity contribution in [2.75, 3.05) is 11.9 Å². The minimum atomic E-state index is -4.71. The predicted molar refractivity (Wildman–Crippen MR) is 93.9 cm³/mol. The van der Waals surface area contributed by atoms with Gasteiger partial charge in [-0.1, -0.05) is 11.6 Å². The molecule has 1 aliphatic rings. The van der Waals surface area contributed by atoms with Crippen molar-refractivity contribution >= 4 is 29.2 Å². The predicted octanol–water partition coefficient (Wildman–Crippen LogP) is 4.17. The van der Waals surface area contributed by atoms with Crippen LogP contribution in [0.1, 0.15) is 27.7 Å². The third-order valence-electron chi connectivity index (χ3n) is 4.00. The fourth-order valence-electron chi connectivity index (χ4n) is 2.59. The largest absolute Gasteiger partial charge is 0.459 e. The lowest BCUT2D eigenvalue weighted by Crippen LogP contribution is -2.40. The minimum Gasteiger partial charge on any atom is -0.459 e. The van der Waals surface area contributed by atoms with E-state index in [1.165, 1.54) is 0 Å². The van der Waals surface area contributed by atoms with Crippen molar-refractivity contribution in [1.82, 2.24) is 4.98 Å². The number of carbonyl (C=O) groups excluding carboxylic acids is 1. The van der Waals surface area contributed by atoms with Gasteiger partial charge >= 0.3 is 12.1 Å². The molecule has 13 heteroatoms. The highest BCUT2D eigenvalue weighted by Crippen LogP contribution is 2.39. The van der Waals surface area contributed by atoms with E-state index in [1.807, 2.05) is 0 Å². The summed E-state index contributed by atoms with van der Waals surface area (Å²) in [5, 5.41) is 1.63. The number of amidine groups is 1. The van der Waals surface area contributed by atoms with Gasteiger partial charge in [-0.2, -0.15) is 13.2 Å². The summed E-state index contributed by atoms with van der Waals surface area (Å²) in [5.41, 5.74) is 2.86. The maximum atomic E-state index is 14.2. The van der Waals surface area contributed by atoms with Gasteiger partial charge in [0.1, 0.15) is 11.5 Å². The Labute approximate surface area is 169 Å². The van der Waals surface area contributed by atoms with E-state index < -0.39 is 64.3 Å². The number of carbonyl (C=O) groups is 1.